The number of nitrogens with one attached hydrogen (secondary N) is 1. The van der Waals surface area contributed by atoms with Crippen molar-refractivity contribution in [2.24, 2.45) is 10.9 Å². The molecule has 0 aliphatic carbocycles. The Balaban J connectivity index is 0.00000272. The summed E-state index contributed by atoms with van der Waals surface area (Å²) in [6.45, 7) is 9.21. The maximum Gasteiger partial charge on any atom is 0.193 e. The molecule has 2 fully saturated rings. The van der Waals surface area contributed by atoms with Crippen molar-refractivity contribution in [3.63, 3.8) is 0 Å². The van der Waals surface area contributed by atoms with Gasteiger partial charge in [0.05, 0.1) is 12.4 Å². The highest BCUT2D eigenvalue weighted by Crippen LogP contribution is 2.27. The van der Waals surface area contributed by atoms with Gasteiger partial charge in [-0.05, 0) is 25.5 Å². The van der Waals surface area contributed by atoms with Gasteiger partial charge in [0.1, 0.15) is 5.82 Å². The van der Waals surface area contributed by atoms with Crippen molar-refractivity contribution < 1.29 is 0 Å². The van der Waals surface area contributed by atoms with Gasteiger partial charge in [-0.15, -0.1) is 24.0 Å². The third kappa shape index (κ3) is 5.68. The number of rotatable bonds is 4. The fourth-order valence-electron chi connectivity index (χ4n) is 4.47. The second-order valence-electron chi connectivity index (χ2n) is 8.47. The summed E-state index contributed by atoms with van der Waals surface area (Å²) in [6, 6.07) is 4.61. The molecular formula is C22H35IN8. The first-order valence-corrected chi connectivity index (χ1v) is 11.0. The van der Waals surface area contributed by atoms with Crippen molar-refractivity contribution in [2.75, 3.05) is 58.3 Å². The van der Waals surface area contributed by atoms with Crippen LogP contribution in [0.1, 0.15) is 24.9 Å². The van der Waals surface area contributed by atoms with Crippen LogP contribution < -0.4 is 10.2 Å². The number of halogens is 1. The lowest BCUT2D eigenvalue weighted by Crippen LogP contribution is -2.49. The lowest BCUT2D eigenvalue weighted by Gasteiger charge is -2.39. The summed E-state index contributed by atoms with van der Waals surface area (Å²) in [5, 5.41) is 3.60. The molecule has 8 nitrogen and oxygen atoms in total. The third-order valence-electron chi connectivity index (χ3n) is 6.45. The summed E-state index contributed by atoms with van der Waals surface area (Å²) in [4.78, 5) is 20.7. The molecule has 1 N–H and O–H groups in total. The van der Waals surface area contributed by atoms with Crippen molar-refractivity contribution in [1.29, 1.82) is 0 Å². The van der Waals surface area contributed by atoms with E-state index in [9.17, 15) is 0 Å². The molecule has 0 amide bonds. The molecule has 0 spiro atoms. The number of aromatic nitrogens is 3. The second-order valence-corrected chi connectivity index (χ2v) is 8.47. The van der Waals surface area contributed by atoms with Crippen molar-refractivity contribution in [3.8, 4) is 0 Å². The fourth-order valence-corrected chi connectivity index (χ4v) is 4.47. The zero-order valence-corrected chi connectivity index (χ0v) is 21.1. The van der Waals surface area contributed by atoms with Gasteiger partial charge in [-0.2, -0.15) is 0 Å². The van der Waals surface area contributed by atoms with E-state index in [1.807, 2.05) is 31.8 Å². The third-order valence-corrected chi connectivity index (χ3v) is 6.45. The summed E-state index contributed by atoms with van der Waals surface area (Å²) in [5.74, 6) is 2.67. The average Bonchev–Trinajstić information content (AvgIpc) is 3.31. The monoisotopic (exact) mass is 538 g/mol. The molecule has 0 aromatic carbocycles. The number of hydrogen-bond acceptors (Lipinski definition) is 5. The van der Waals surface area contributed by atoms with Gasteiger partial charge < -0.3 is 24.6 Å². The number of imidazole rings is 1. The first-order valence-electron chi connectivity index (χ1n) is 11.0. The largest absolute Gasteiger partial charge is 0.354 e. The molecular weight excluding hydrogens is 503 g/mol. The second kappa shape index (κ2) is 11.1. The van der Waals surface area contributed by atoms with Crippen LogP contribution in [0.2, 0.25) is 0 Å². The van der Waals surface area contributed by atoms with Gasteiger partial charge in [0.2, 0.25) is 0 Å². The van der Waals surface area contributed by atoms with E-state index in [0.717, 1.165) is 64.0 Å². The van der Waals surface area contributed by atoms with E-state index in [0.29, 0.717) is 12.0 Å². The summed E-state index contributed by atoms with van der Waals surface area (Å²) in [7, 11) is 4.05. The SMILES string of the molecule is CN=C(NCc1cccnc1N1CCN(C)CC1)N1CCC(C)C(n2ccnc2)C1.I. The standard InChI is InChI=1S/C22H34N8.HI/c1-18-6-9-29(16-20(18)30-10-8-24-17-30)22(23-2)26-15-19-5-4-7-25-21(19)28-13-11-27(3)12-14-28;/h4-5,7-8,10,17-18,20H,6,9,11-16H2,1-3H3,(H,23,26);1H. The molecule has 0 bridgehead atoms. The average molecular weight is 538 g/mol. The summed E-state index contributed by atoms with van der Waals surface area (Å²) < 4.78 is 2.23. The molecule has 2 saturated heterocycles. The van der Waals surface area contributed by atoms with Crippen LogP contribution in [0.15, 0.2) is 42.0 Å². The Morgan fingerprint density at radius 3 is 2.71 bits per heavy atom. The van der Waals surface area contributed by atoms with Gasteiger partial charge in [0.15, 0.2) is 5.96 Å². The smallest absolute Gasteiger partial charge is 0.193 e. The topological polar surface area (TPSA) is 64.8 Å². The molecule has 0 saturated carbocycles. The van der Waals surface area contributed by atoms with Gasteiger partial charge in [0, 0.05) is 77.0 Å². The highest BCUT2D eigenvalue weighted by atomic mass is 127. The van der Waals surface area contributed by atoms with E-state index < -0.39 is 0 Å². The maximum atomic E-state index is 4.70. The van der Waals surface area contributed by atoms with Gasteiger partial charge in [-0.3, -0.25) is 4.99 Å². The van der Waals surface area contributed by atoms with Crippen LogP contribution in [0.5, 0.6) is 0 Å². The Labute approximate surface area is 202 Å². The molecule has 2 aliphatic rings. The van der Waals surface area contributed by atoms with E-state index in [4.69, 9.17) is 4.98 Å². The summed E-state index contributed by atoms with van der Waals surface area (Å²) in [5.41, 5.74) is 1.22. The Morgan fingerprint density at radius 1 is 1.19 bits per heavy atom. The molecule has 2 atom stereocenters. The molecule has 2 aromatic rings. The number of piperazine rings is 1. The van der Waals surface area contributed by atoms with E-state index in [1.165, 1.54) is 5.56 Å². The molecule has 9 heteroatoms. The van der Waals surface area contributed by atoms with E-state index in [1.54, 1.807) is 0 Å². The van der Waals surface area contributed by atoms with Gasteiger partial charge in [-0.1, -0.05) is 13.0 Å². The number of anilines is 1. The lowest BCUT2D eigenvalue weighted by atomic mass is 9.93. The minimum atomic E-state index is 0. The zero-order valence-electron chi connectivity index (χ0n) is 18.8. The maximum absolute atomic E-state index is 4.70. The molecule has 4 heterocycles. The molecule has 2 aliphatic heterocycles. The van der Waals surface area contributed by atoms with Gasteiger partial charge in [0.25, 0.3) is 0 Å². The number of piperidine rings is 1. The quantitative estimate of drug-likeness (QED) is 0.367. The molecule has 31 heavy (non-hydrogen) atoms. The number of pyridine rings is 1. The normalized spacial score (nSPS) is 22.9. The summed E-state index contributed by atoms with van der Waals surface area (Å²) >= 11 is 0. The van der Waals surface area contributed by atoms with Crippen LogP contribution in [-0.4, -0.2) is 83.7 Å². The predicted octanol–water partition coefficient (Wildman–Crippen LogP) is 2.31. The van der Waals surface area contributed by atoms with E-state index in [2.05, 4.69) is 60.8 Å². The Bertz CT molecular complexity index is 832. The molecule has 170 valence electrons. The number of aliphatic imine (C=N–C) groups is 1. The molecule has 2 unspecified atom stereocenters. The van der Waals surface area contributed by atoms with Gasteiger partial charge >= 0.3 is 0 Å². The highest BCUT2D eigenvalue weighted by molar-refractivity contribution is 14.0. The van der Waals surface area contributed by atoms with E-state index >= 15 is 0 Å². The number of likely N-dealkylation sites (N-methyl/N-ethyl adjacent to an activating group) is 1. The minimum Gasteiger partial charge on any atom is -0.354 e. The number of nitrogens with zero attached hydrogens (tertiary/aromatic N) is 7. The number of hydrogen-bond donors (Lipinski definition) is 1. The Hall–Kier alpha value is -1.88. The first kappa shape index (κ1) is 23.8. The zero-order chi connectivity index (χ0) is 20.9. The fraction of sp³-hybridized carbons (Fsp3) is 0.591. The van der Waals surface area contributed by atoms with E-state index in [-0.39, 0.29) is 24.0 Å². The minimum absolute atomic E-state index is 0. The van der Waals surface area contributed by atoms with Crippen LogP contribution in [0, 0.1) is 5.92 Å². The highest BCUT2D eigenvalue weighted by Gasteiger charge is 2.29. The summed E-state index contributed by atoms with van der Waals surface area (Å²) in [6.07, 6.45) is 8.90. The van der Waals surface area contributed by atoms with Crippen LogP contribution >= 0.6 is 24.0 Å². The number of likely N-dealkylation sites (tertiary alicyclic amines) is 1. The van der Waals surface area contributed by atoms with Crippen LogP contribution in [0.25, 0.3) is 0 Å². The van der Waals surface area contributed by atoms with Crippen LogP contribution in [0.3, 0.4) is 0 Å². The lowest BCUT2D eigenvalue weighted by molar-refractivity contribution is 0.189. The Kier molecular flexibility index (Phi) is 8.53. The molecule has 0 radical (unpaired) electrons. The Morgan fingerprint density at radius 2 is 2.00 bits per heavy atom. The van der Waals surface area contributed by atoms with Crippen molar-refractivity contribution >= 4 is 35.8 Å². The predicted molar refractivity (Wildman–Crippen MR) is 136 cm³/mol. The van der Waals surface area contributed by atoms with Crippen molar-refractivity contribution in [3.05, 3.63) is 42.6 Å². The van der Waals surface area contributed by atoms with Gasteiger partial charge in [-0.25, -0.2) is 9.97 Å². The van der Waals surface area contributed by atoms with Crippen LogP contribution in [0.4, 0.5) is 5.82 Å². The van der Waals surface area contributed by atoms with Crippen LogP contribution in [-0.2, 0) is 6.54 Å². The molecule has 2 aromatic heterocycles. The first-order chi connectivity index (χ1) is 14.7. The number of guanidine groups is 1. The van der Waals surface area contributed by atoms with Crippen molar-refractivity contribution in [2.45, 2.75) is 25.9 Å². The van der Waals surface area contributed by atoms with Crippen molar-refractivity contribution in [1.82, 2.24) is 29.7 Å². The molecule has 4 rings (SSSR count).